The predicted octanol–water partition coefficient (Wildman–Crippen LogP) is 1.56. The molecule has 2 heterocycles. The number of hydrogen-bond acceptors (Lipinski definition) is 4. The summed E-state index contributed by atoms with van der Waals surface area (Å²) in [6.45, 7) is 8.58. The van der Waals surface area contributed by atoms with Gasteiger partial charge in [0.15, 0.2) is 0 Å². The molecule has 0 aromatic carbocycles. The van der Waals surface area contributed by atoms with Gasteiger partial charge in [0.05, 0.1) is 13.1 Å². The molecule has 0 saturated carbocycles. The van der Waals surface area contributed by atoms with Crippen molar-refractivity contribution in [1.82, 2.24) is 15.1 Å². The predicted molar refractivity (Wildman–Crippen MR) is 84.1 cm³/mol. The summed E-state index contributed by atoms with van der Waals surface area (Å²) in [4.78, 5) is 19.2. The third-order valence-corrected chi connectivity index (χ3v) is 5.07. The van der Waals surface area contributed by atoms with E-state index in [2.05, 4.69) is 48.1 Å². The van der Waals surface area contributed by atoms with E-state index in [1.165, 1.54) is 9.75 Å². The van der Waals surface area contributed by atoms with Crippen LogP contribution in [-0.4, -0.2) is 55.0 Å². The molecule has 1 aromatic heterocycles. The Morgan fingerprint density at radius 1 is 1.40 bits per heavy atom. The van der Waals surface area contributed by atoms with Gasteiger partial charge in [0.25, 0.3) is 0 Å². The highest BCUT2D eigenvalue weighted by Gasteiger charge is 2.22. The molecule has 1 N–H and O–H groups in total. The molecule has 0 spiro atoms. The van der Waals surface area contributed by atoms with Gasteiger partial charge in [-0.3, -0.25) is 9.69 Å². The van der Waals surface area contributed by atoms with Gasteiger partial charge in [-0.25, -0.2) is 0 Å². The lowest BCUT2D eigenvalue weighted by atomic mass is 10.2. The topological polar surface area (TPSA) is 35.6 Å². The average Bonchev–Trinajstić information content (AvgIpc) is 2.88. The van der Waals surface area contributed by atoms with Crippen LogP contribution in [0.1, 0.15) is 23.6 Å². The second-order valence-electron chi connectivity index (χ2n) is 5.58. The fourth-order valence-electron chi connectivity index (χ4n) is 2.55. The van der Waals surface area contributed by atoms with Crippen LogP contribution in [0.15, 0.2) is 12.1 Å². The number of aryl methyl sites for hydroxylation is 1. The summed E-state index contributed by atoms with van der Waals surface area (Å²) in [5.74, 6) is 0.132. The molecule has 1 saturated heterocycles. The van der Waals surface area contributed by atoms with Crippen molar-refractivity contribution in [3.8, 4) is 0 Å². The van der Waals surface area contributed by atoms with E-state index in [4.69, 9.17) is 0 Å². The summed E-state index contributed by atoms with van der Waals surface area (Å²) in [6.07, 6.45) is 1.07. The van der Waals surface area contributed by atoms with E-state index < -0.39 is 0 Å². The summed E-state index contributed by atoms with van der Waals surface area (Å²) in [5, 5.41) is 3.03. The van der Waals surface area contributed by atoms with Crippen molar-refractivity contribution < 1.29 is 4.79 Å². The van der Waals surface area contributed by atoms with Gasteiger partial charge in [-0.05, 0) is 32.5 Å². The van der Waals surface area contributed by atoms with Crippen molar-refractivity contribution in [3.63, 3.8) is 0 Å². The summed E-state index contributed by atoms with van der Waals surface area (Å²) < 4.78 is 0. The number of thiophene rings is 1. The van der Waals surface area contributed by atoms with E-state index in [0.717, 1.165) is 26.1 Å². The lowest BCUT2D eigenvalue weighted by Crippen LogP contribution is -2.53. The Bertz CT molecular complexity index is 446. The average molecular weight is 295 g/mol. The van der Waals surface area contributed by atoms with Crippen LogP contribution < -0.4 is 5.32 Å². The van der Waals surface area contributed by atoms with E-state index in [9.17, 15) is 4.79 Å². The Morgan fingerprint density at radius 2 is 2.15 bits per heavy atom. The summed E-state index contributed by atoms with van der Waals surface area (Å²) in [7, 11) is 2.13. The van der Waals surface area contributed by atoms with Gasteiger partial charge in [-0.1, -0.05) is 6.92 Å². The summed E-state index contributed by atoms with van der Waals surface area (Å²) in [5.41, 5.74) is 0. The molecule has 20 heavy (non-hydrogen) atoms. The van der Waals surface area contributed by atoms with Gasteiger partial charge in [-0.15, -0.1) is 11.3 Å². The number of nitrogens with one attached hydrogen (secondary N) is 1. The normalized spacial score (nSPS) is 21.1. The molecule has 4 nitrogen and oxygen atoms in total. The largest absolute Gasteiger partial charge is 0.350 e. The van der Waals surface area contributed by atoms with Crippen molar-refractivity contribution >= 4 is 17.2 Å². The number of piperazine rings is 1. The quantitative estimate of drug-likeness (QED) is 0.895. The smallest absolute Gasteiger partial charge is 0.234 e. The Balaban J connectivity index is 1.75. The number of rotatable bonds is 5. The molecule has 0 radical (unpaired) electrons. The maximum Gasteiger partial charge on any atom is 0.234 e. The van der Waals surface area contributed by atoms with Crippen LogP contribution in [0.5, 0.6) is 0 Å². The number of carbonyl (C=O) groups excluding carboxylic acids is 1. The minimum atomic E-state index is 0.132. The molecular formula is C15H25N3OS. The zero-order chi connectivity index (χ0) is 14.5. The molecule has 5 heteroatoms. The van der Waals surface area contributed by atoms with Gasteiger partial charge in [-0.2, -0.15) is 0 Å². The van der Waals surface area contributed by atoms with Crippen molar-refractivity contribution in [3.05, 3.63) is 21.9 Å². The molecule has 0 bridgehead atoms. The number of hydrogen-bond donors (Lipinski definition) is 1. The first-order chi connectivity index (χ1) is 9.58. The lowest BCUT2D eigenvalue weighted by Gasteiger charge is -2.37. The van der Waals surface area contributed by atoms with Crippen LogP contribution in [0.3, 0.4) is 0 Å². The second-order valence-corrected chi connectivity index (χ2v) is 6.83. The van der Waals surface area contributed by atoms with E-state index in [-0.39, 0.29) is 5.91 Å². The first-order valence-corrected chi connectivity index (χ1v) is 8.17. The molecule has 112 valence electrons. The third-order valence-electron chi connectivity index (χ3n) is 3.84. The molecule has 1 aliphatic heterocycles. The van der Waals surface area contributed by atoms with E-state index in [0.29, 0.717) is 19.1 Å². The number of likely N-dealkylation sites (N-methyl/N-ethyl adjacent to an activating group) is 1. The maximum absolute atomic E-state index is 12.0. The summed E-state index contributed by atoms with van der Waals surface area (Å²) in [6, 6.07) is 4.71. The van der Waals surface area contributed by atoms with Gasteiger partial charge in [0, 0.05) is 35.4 Å². The third kappa shape index (κ3) is 4.30. The highest BCUT2D eigenvalue weighted by atomic mass is 32.1. The molecule has 1 amide bonds. The number of carbonyl (C=O) groups is 1. The number of nitrogens with zero attached hydrogens (tertiary/aromatic N) is 2. The highest BCUT2D eigenvalue weighted by molar-refractivity contribution is 7.11. The van der Waals surface area contributed by atoms with Crippen molar-refractivity contribution in [1.29, 1.82) is 0 Å². The molecule has 2 rings (SSSR count). The van der Waals surface area contributed by atoms with Crippen LogP contribution in [-0.2, 0) is 17.8 Å². The first kappa shape index (κ1) is 15.5. The SMILES string of the molecule is CCc1ccc(CNC(=O)CN2CCN(C)C[C@@H]2C)s1. The fourth-order valence-corrected chi connectivity index (χ4v) is 3.44. The van der Waals surface area contributed by atoms with E-state index in [1.54, 1.807) is 11.3 Å². The minimum Gasteiger partial charge on any atom is -0.350 e. The molecule has 1 atom stereocenters. The maximum atomic E-state index is 12.0. The highest BCUT2D eigenvalue weighted by Crippen LogP contribution is 2.16. The van der Waals surface area contributed by atoms with Gasteiger partial charge >= 0.3 is 0 Å². The summed E-state index contributed by atoms with van der Waals surface area (Å²) >= 11 is 1.79. The Kier molecular flexibility index (Phi) is 5.57. The van der Waals surface area contributed by atoms with Crippen LogP contribution in [0.4, 0.5) is 0 Å². The fraction of sp³-hybridized carbons (Fsp3) is 0.667. The van der Waals surface area contributed by atoms with Crippen molar-refractivity contribution in [2.75, 3.05) is 33.2 Å². The zero-order valence-electron chi connectivity index (χ0n) is 12.7. The molecule has 1 aliphatic rings. The van der Waals surface area contributed by atoms with E-state index in [1.807, 2.05) is 0 Å². The zero-order valence-corrected chi connectivity index (χ0v) is 13.5. The minimum absolute atomic E-state index is 0.132. The van der Waals surface area contributed by atoms with Crippen LogP contribution in [0, 0.1) is 0 Å². The Morgan fingerprint density at radius 3 is 2.80 bits per heavy atom. The lowest BCUT2D eigenvalue weighted by molar-refractivity contribution is -0.123. The number of amides is 1. The van der Waals surface area contributed by atoms with Gasteiger partial charge in [0.2, 0.25) is 5.91 Å². The molecule has 0 unspecified atom stereocenters. The van der Waals surface area contributed by atoms with Gasteiger partial charge in [0.1, 0.15) is 0 Å². The second kappa shape index (κ2) is 7.20. The Labute approximate surface area is 125 Å². The monoisotopic (exact) mass is 295 g/mol. The Hall–Kier alpha value is -0.910. The molecular weight excluding hydrogens is 270 g/mol. The molecule has 1 aromatic rings. The van der Waals surface area contributed by atoms with Gasteiger partial charge < -0.3 is 10.2 Å². The standard InChI is InChI=1S/C15H25N3OS/c1-4-13-5-6-14(20-13)9-16-15(19)11-18-8-7-17(3)10-12(18)2/h5-6,12H,4,7-11H2,1-3H3,(H,16,19)/t12-/m0/s1. The van der Waals surface area contributed by atoms with Crippen LogP contribution in [0.25, 0.3) is 0 Å². The van der Waals surface area contributed by atoms with Crippen molar-refractivity contribution in [2.45, 2.75) is 32.9 Å². The molecule has 0 aliphatic carbocycles. The van der Waals surface area contributed by atoms with Crippen LogP contribution in [0.2, 0.25) is 0 Å². The van der Waals surface area contributed by atoms with E-state index >= 15 is 0 Å². The first-order valence-electron chi connectivity index (χ1n) is 7.35. The van der Waals surface area contributed by atoms with Crippen molar-refractivity contribution in [2.24, 2.45) is 0 Å². The van der Waals surface area contributed by atoms with Crippen LogP contribution >= 0.6 is 11.3 Å². The molecule has 1 fully saturated rings.